The lowest BCUT2D eigenvalue weighted by Crippen LogP contribution is -2.29. The molecule has 94 valence electrons. The van der Waals surface area contributed by atoms with Gasteiger partial charge in [0.15, 0.2) is 0 Å². The smallest absolute Gasteiger partial charge is 0.318 e. The number of hydrogen-bond donors (Lipinski definition) is 1. The molecule has 1 fully saturated rings. The summed E-state index contributed by atoms with van der Waals surface area (Å²) in [6, 6.07) is 0.579. The maximum Gasteiger partial charge on any atom is 0.318 e. The molecule has 2 heterocycles. The topological polar surface area (TPSA) is 79.5 Å². The molecule has 6 nitrogen and oxygen atoms in total. The molecular weight excluding hydrogens is 222 g/mol. The molecule has 0 aromatic carbocycles. The molecular formula is C11H17N3O3. The first kappa shape index (κ1) is 11.9. The van der Waals surface area contributed by atoms with Gasteiger partial charge in [0.1, 0.15) is 0 Å². The first-order valence-corrected chi connectivity index (χ1v) is 6.05. The lowest BCUT2D eigenvalue weighted by molar-refractivity contribution is -0.137. The van der Waals surface area contributed by atoms with Crippen molar-refractivity contribution in [3.05, 3.63) is 5.89 Å². The highest BCUT2D eigenvalue weighted by Gasteiger charge is 2.16. The van der Waals surface area contributed by atoms with E-state index in [9.17, 15) is 4.79 Å². The normalized spacial score (nSPS) is 16.1. The number of carbonyl (C=O) groups is 1. The summed E-state index contributed by atoms with van der Waals surface area (Å²) in [6.45, 7) is 1.94. The number of nitrogens with zero attached hydrogens (tertiary/aromatic N) is 3. The van der Waals surface area contributed by atoms with Gasteiger partial charge in [0.05, 0.1) is 0 Å². The van der Waals surface area contributed by atoms with Crippen molar-refractivity contribution in [2.75, 3.05) is 18.0 Å². The average molecular weight is 239 g/mol. The van der Waals surface area contributed by atoms with E-state index in [-0.39, 0.29) is 6.42 Å². The zero-order valence-corrected chi connectivity index (χ0v) is 9.76. The molecule has 0 aliphatic carbocycles. The van der Waals surface area contributed by atoms with Crippen molar-refractivity contribution in [2.45, 2.75) is 38.5 Å². The van der Waals surface area contributed by atoms with E-state index in [2.05, 4.69) is 15.1 Å². The van der Waals surface area contributed by atoms with Gasteiger partial charge in [-0.2, -0.15) is 0 Å². The molecule has 1 aromatic heterocycles. The van der Waals surface area contributed by atoms with Gasteiger partial charge in [0, 0.05) is 25.9 Å². The van der Waals surface area contributed by atoms with E-state index in [0.29, 0.717) is 24.7 Å². The summed E-state index contributed by atoms with van der Waals surface area (Å²) in [5, 5.41) is 16.5. The van der Waals surface area contributed by atoms with Gasteiger partial charge in [-0.1, -0.05) is 5.10 Å². The van der Waals surface area contributed by atoms with Gasteiger partial charge in [0.2, 0.25) is 5.89 Å². The Morgan fingerprint density at radius 1 is 1.29 bits per heavy atom. The maximum absolute atomic E-state index is 10.4. The van der Waals surface area contributed by atoms with Gasteiger partial charge < -0.3 is 14.4 Å². The third-order valence-corrected chi connectivity index (χ3v) is 2.86. The number of carboxylic acids is 1. The molecule has 0 unspecified atom stereocenters. The number of aryl methyl sites for hydroxylation is 1. The Morgan fingerprint density at radius 3 is 2.76 bits per heavy atom. The van der Waals surface area contributed by atoms with Gasteiger partial charge in [-0.3, -0.25) is 4.79 Å². The molecule has 0 saturated carbocycles. The zero-order chi connectivity index (χ0) is 12.1. The van der Waals surface area contributed by atoms with Crippen LogP contribution in [0.4, 0.5) is 6.01 Å². The molecule has 0 amide bonds. The van der Waals surface area contributed by atoms with E-state index in [1.165, 1.54) is 6.42 Å². The number of hydrogen-bond acceptors (Lipinski definition) is 5. The van der Waals surface area contributed by atoms with Gasteiger partial charge in [-0.05, 0) is 25.7 Å². The lowest BCUT2D eigenvalue weighted by Gasteiger charge is -2.24. The van der Waals surface area contributed by atoms with Crippen molar-refractivity contribution in [1.82, 2.24) is 10.2 Å². The largest absolute Gasteiger partial charge is 0.481 e. The van der Waals surface area contributed by atoms with Crippen molar-refractivity contribution in [1.29, 1.82) is 0 Å². The number of anilines is 1. The molecule has 0 bridgehead atoms. The Morgan fingerprint density at radius 2 is 2.06 bits per heavy atom. The average Bonchev–Trinajstić information content (AvgIpc) is 2.78. The molecule has 2 rings (SSSR count). The van der Waals surface area contributed by atoms with Crippen molar-refractivity contribution >= 4 is 12.0 Å². The van der Waals surface area contributed by atoms with Crippen LogP contribution >= 0.6 is 0 Å². The van der Waals surface area contributed by atoms with Crippen LogP contribution in [0.3, 0.4) is 0 Å². The summed E-state index contributed by atoms with van der Waals surface area (Å²) in [6.07, 6.45) is 4.80. The molecule has 0 spiro atoms. The molecule has 17 heavy (non-hydrogen) atoms. The molecule has 0 radical (unpaired) electrons. The Bertz CT molecular complexity index is 372. The first-order valence-electron chi connectivity index (χ1n) is 6.05. The van der Waals surface area contributed by atoms with E-state index in [0.717, 1.165) is 25.9 Å². The summed E-state index contributed by atoms with van der Waals surface area (Å²) < 4.78 is 5.52. The van der Waals surface area contributed by atoms with E-state index in [4.69, 9.17) is 9.52 Å². The second-order valence-corrected chi connectivity index (χ2v) is 4.27. The predicted molar refractivity (Wildman–Crippen MR) is 60.9 cm³/mol. The molecule has 1 aromatic rings. The first-order chi connectivity index (χ1) is 8.25. The van der Waals surface area contributed by atoms with Crippen LogP contribution in [0.25, 0.3) is 0 Å². The number of rotatable bonds is 5. The third kappa shape index (κ3) is 3.44. The minimum atomic E-state index is -0.791. The van der Waals surface area contributed by atoms with E-state index < -0.39 is 5.97 Å². The fourth-order valence-corrected chi connectivity index (χ4v) is 1.95. The highest BCUT2D eigenvalue weighted by molar-refractivity contribution is 5.66. The van der Waals surface area contributed by atoms with Gasteiger partial charge in [-0.25, -0.2) is 0 Å². The van der Waals surface area contributed by atoms with Crippen LogP contribution in [-0.2, 0) is 11.2 Å². The van der Waals surface area contributed by atoms with E-state index in [1.807, 2.05) is 0 Å². The van der Waals surface area contributed by atoms with E-state index in [1.54, 1.807) is 0 Å². The number of piperidine rings is 1. The Balaban J connectivity index is 1.84. The highest BCUT2D eigenvalue weighted by atomic mass is 16.4. The van der Waals surface area contributed by atoms with Crippen molar-refractivity contribution in [2.24, 2.45) is 0 Å². The van der Waals surface area contributed by atoms with Crippen molar-refractivity contribution < 1.29 is 14.3 Å². The summed E-state index contributed by atoms with van der Waals surface area (Å²) in [5.41, 5.74) is 0. The highest BCUT2D eigenvalue weighted by Crippen LogP contribution is 2.18. The third-order valence-electron chi connectivity index (χ3n) is 2.86. The van der Waals surface area contributed by atoms with Crippen LogP contribution in [0.5, 0.6) is 0 Å². The van der Waals surface area contributed by atoms with Gasteiger partial charge >= 0.3 is 12.0 Å². The van der Waals surface area contributed by atoms with E-state index >= 15 is 0 Å². The van der Waals surface area contributed by atoms with Crippen LogP contribution in [0.15, 0.2) is 4.42 Å². The summed E-state index contributed by atoms with van der Waals surface area (Å²) in [4.78, 5) is 12.5. The van der Waals surface area contributed by atoms with Crippen LogP contribution in [0, 0.1) is 0 Å². The number of aromatic nitrogens is 2. The lowest BCUT2D eigenvalue weighted by atomic mass is 10.1. The second-order valence-electron chi connectivity index (χ2n) is 4.27. The van der Waals surface area contributed by atoms with Crippen molar-refractivity contribution in [3.63, 3.8) is 0 Å². The molecule has 6 heteroatoms. The van der Waals surface area contributed by atoms with Crippen LogP contribution < -0.4 is 4.90 Å². The van der Waals surface area contributed by atoms with Gasteiger partial charge in [0.25, 0.3) is 0 Å². The number of aliphatic carboxylic acids is 1. The zero-order valence-electron chi connectivity index (χ0n) is 9.76. The van der Waals surface area contributed by atoms with Crippen LogP contribution in [-0.4, -0.2) is 34.4 Å². The minimum absolute atomic E-state index is 0.140. The summed E-state index contributed by atoms with van der Waals surface area (Å²) in [5.74, 6) is -0.257. The molecule has 1 aliphatic rings. The van der Waals surface area contributed by atoms with Crippen molar-refractivity contribution in [3.8, 4) is 0 Å². The second kappa shape index (κ2) is 5.65. The molecule has 1 saturated heterocycles. The SMILES string of the molecule is O=C(O)CCCc1nnc(N2CCCCC2)o1. The maximum atomic E-state index is 10.4. The summed E-state index contributed by atoms with van der Waals surface area (Å²) >= 11 is 0. The summed E-state index contributed by atoms with van der Waals surface area (Å²) in [7, 11) is 0. The Labute approximate surface area is 99.6 Å². The fraction of sp³-hybridized carbons (Fsp3) is 0.727. The molecule has 0 atom stereocenters. The van der Waals surface area contributed by atoms with Crippen LogP contribution in [0.1, 0.15) is 38.0 Å². The quantitative estimate of drug-likeness (QED) is 0.838. The monoisotopic (exact) mass is 239 g/mol. The molecule has 1 aliphatic heterocycles. The molecule has 1 N–H and O–H groups in total. The fourth-order valence-electron chi connectivity index (χ4n) is 1.95. The number of carboxylic acid groups (broad SMARTS) is 1. The van der Waals surface area contributed by atoms with Crippen LogP contribution in [0.2, 0.25) is 0 Å². The predicted octanol–water partition coefficient (Wildman–Crippen LogP) is 1.47. The Kier molecular flexibility index (Phi) is 3.95. The standard InChI is InChI=1S/C11H17N3O3/c15-10(16)6-4-5-9-12-13-11(17-9)14-7-2-1-3-8-14/h1-8H2,(H,15,16). The minimum Gasteiger partial charge on any atom is -0.481 e. The van der Waals surface area contributed by atoms with Gasteiger partial charge in [-0.15, -0.1) is 5.10 Å². The Hall–Kier alpha value is -1.59.